The summed E-state index contributed by atoms with van der Waals surface area (Å²) in [6, 6.07) is 12.9. The van der Waals surface area contributed by atoms with Gasteiger partial charge in [-0.1, -0.05) is 18.2 Å². The zero-order valence-corrected chi connectivity index (χ0v) is 11.0. The normalized spacial score (nSPS) is 11.0. The van der Waals surface area contributed by atoms with Crippen molar-refractivity contribution in [3.05, 3.63) is 54.3 Å². The fraction of sp³-hybridized carbons (Fsp3) is 0. The number of rotatable bonds is 3. The summed E-state index contributed by atoms with van der Waals surface area (Å²) in [7, 11) is 0. The molecule has 6 nitrogen and oxygen atoms in total. The van der Waals surface area contributed by atoms with Gasteiger partial charge in [-0.05, 0) is 24.3 Å². The van der Waals surface area contributed by atoms with Gasteiger partial charge in [-0.15, -0.1) is 0 Å². The lowest BCUT2D eigenvalue weighted by atomic mass is 10.3. The first kappa shape index (κ1) is 14.3. The number of nitrogens with two attached hydrogens (primary N) is 3. The molecule has 0 spiro atoms. The molecule has 0 heterocycles. The largest absolute Gasteiger partial charge is 0.455 e. The fourth-order valence-corrected chi connectivity index (χ4v) is 1.56. The molecule has 0 saturated heterocycles. The van der Waals surface area contributed by atoms with E-state index in [2.05, 4.69) is 9.98 Å². The highest BCUT2D eigenvalue weighted by atomic mass is 19.1. The molecule has 0 saturated carbocycles. The Hall–Kier alpha value is -3.09. The second kappa shape index (κ2) is 6.38. The minimum Gasteiger partial charge on any atom is -0.455 e. The minimum atomic E-state index is -0.480. The Morgan fingerprint density at radius 3 is 2.38 bits per heavy atom. The van der Waals surface area contributed by atoms with Gasteiger partial charge in [0.15, 0.2) is 11.7 Å². The Morgan fingerprint density at radius 2 is 1.71 bits per heavy atom. The molecule has 2 aromatic carbocycles. The molecule has 0 radical (unpaired) electrons. The third-order valence-electron chi connectivity index (χ3n) is 2.37. The van der Waals surface area contributed by atoms with Crippen molar-refractivity contribution < 1.29 is 9.13 Å². The molecule has 0 aliphatic carbocycles. The Kier molecular flexibility index (Phi) is 4.35. The third kappa shape index (κ3) is 4.20. The first-order chi connectivity index (χ1) is 10.0. The van der Waals surface area contributed by atoms with Crippen LogP contribution in [0.4, 0.5) is 10.1 Å². The monoisotopic (exact) mass is 287 g/mol. The lowest BCUT2D eigenvalue weighted by molar-refractivity contribution is 0.482. The van der Waals surface area contributed by atoms with Gasteiger partial charge in [-0.25, -0.2) is 9.38 Å². The van der Waals surface area contributed by atoms with E-state index < -0.39 is 5.82 Å². The SMILES string of the molecule is NC(N)=NC(N)=Nc1cc(F)ccc1Oc1ccccc1. The molecule has 6 N–H and O–H groups in total. The molecule has 2 rings (SSSR count). The molecule has 0 amide bonds. The summed E-state index contributed by atoms with van der Waals surface area (Å²) in [5, 5.41) is 0. The van der Waals surface area contributed by atoms with Crippen molar-refractivity contribution in [3.63, 3.8) is 0 Å². The first-order valence-electron chi connectivity index (χ1n) is 6.01. The molecule has 0 aliphatic heterocycles. The van der Waals surface area contributed by atoms with Gasteiger partial charge in [0.05, 0.1) is 0 Å². The molecular formula is C14H14FN5O. The summed E-state index contributed by atoms with van der Waals surface area (Å²) in [5.41, 5.74) is 16.1. The maximum atomic E-state index is 13.3. The Balaban J connectivity index is 2.36. The van der Waals surface area contributed by atoms with Crippen LogP contribution < -0.4 is 21.9 Å². The van der Waals surface area contributed by atoms with Crippen LogP contribution in [0.1, 0.15) is 0 Å². The Labute approximate surface area is 120 Å². The highest BCUT2D eigenvalue weighted by molar-refractivity contribution is 5.93. The van der Waals surface area contributed by atoms with Gasteiger partial charge in [0.1, 0.15) is 17.3 Å². The number of hydrogen-bond donors (Lipinski definition) is 3. The minimum absolute atomic E-state index is 0.182. The van der Waals surface area contributed by atoms with E-state index >= 15 is 0 Å². The zero-order valence-electron chi connectivity index (χ0n) is 11.0. The van der Waals surface area contributed by atoms with Crippen LogP contribution >= 0.6 is 0 Å². The van der Waals surface area contributed by atoms with E-state index in [1.54, 1.807) is 12.1 Å². The number of para-hydroxylation sites is 1. The van der Waals surface area contributed by atoms with Crippen LogP contribution in [0.3, 0.4) is 0 Å². The predicted molar refractivity (Wildman–Crippen MR) is 80.0 cm³/mol. The fourth-order valence-electron chi connectivity index (χ4n) is 1.56. The van der Waals surface area contributed by atoms with Gasteiger partial charge in [0, 0.05) is 6.07 Å². The van der Waals surface area contributed by atoms with Crippen molar-refractivity contribution in [2.24, 2.45) is 27.2 Å². The van der Waals surface area contributed by atoms with E-state index in [1.807, 2.05) is 18.2 Å². The predicted octanol–water partition coefficient (Wildman–Crippen LogP) is 1.84. The quantitative estimate of drug-likeness (QED) is 0.590. The van der Waals surface area contributed by atoms with Gasteiger partial charge >= 0.3 is 0 Å². The summed E-state index contributed by atoms with van der Waals surface area (Å²) in [5.74, 6) is 0.000617. The average Bonchev–Trinajstić information content (AvgIpc) is 2.42. The topological polar surface area (TPSA) is 112 Å². The molecule has 0 aliphatic rings. The lowest BCUT2D eigenvalue weighted by Crippen LogP contribution is -2.26. The smallest absolute Gasteiger partial charge is 0.223 e. The van der Waals surface area contributed by atoms with E-state index in [0.717, 1.165) is 0 Å². The van der Waals surface area contributed by atoms with Crippen molar-refractivity contribution in [3.8, 4) is 11.5 Å². The van der Waals surface area contributed by atoms with Crippen LogP contribution in [0.15, 0.2) is 58.5 Å². The van der Waals surface area contributed by atoms with E-state index in [9.17, 15) is 4.39 Å². The Bertz CT molecular complexity index is 681. The van der Waals surface area contributed by atoms with E-state index in [4.69, 9.17) is 21.9 Å². The zero-order chi connectivity index (χ0) is 15.2. The molecule has 2 aromatic rings. The molecule has 0 atom stereocenters. The van der Waals surface area contributed by atoms with Crippen molar-refractivity contribution in [1.29, 1.82) is 0 Å². The van der Waals surface area contributed by atoms with Crippen LogP contribution in [0, 0.1) is 5.82 Å². The number of aliphatic imine (C=N–C) groups is 2. The molecular weight excluding hydrogens is 273 g/mol. The molecule has 0 aromatic heterocycles. The number of guanidine groups is 2. The second-order valence-electron chi connectivity index (χ2n) is 4.03. The maximum absolute atomic E-state index is 13.3. The van der Waals surface area contributed by atoms with Crippen molar-refractivity contribution in [1.82, 2.24) is 0 Å². The summed E-state index contributed by atoms with van der Waals surface area (Å²) in [6.07, 6.45) is 0. The molecule has 0 fully saturated rings. The molecule has 0 bridgehead atoms. The van der Waals surface area contributed by atoms with E-state index in [1.165, 1.54) is 18.2 Å². The molecule has 0 unspecified atom stereocenters. The molecule has 21 heavy (non-hydrogen) atoms. The van der Waals surface area contributed by atoms with Crippen molar-refractivity contribution in [2.45, 2.75) is 0 Å². The second-order valence-corrected chi connectivity index (χ2v) is 4.03. The van der Waals surface area contributed by atoms with Crippen LogP contribution in [-0.2, 0) is 0 Å². The number of ether oxygens (including phenoxy) is 1. The van der Waals surface area contributed by atoms with Crippen molar-refractivity contribution in [2.75, 3.05) is 0 Å². The van der Waals surface area contributed by atoms with Gasteiger partial charge < -0.3 is 21.9 Å². The number of halogens is 1. The van der Waals surface area contributed by atoms with E-state index in [-0.39, 0.29) is 17.6 Å². The Morgan fingerprint density at radius 1 is 1.00 bits per heavy atom. The van der Waals surface area contributed by atoms with Crippen LogP contribution in [-0.4, -0.2) is 11.9 Å². The van der Waals surface area contributed by atoms with E-state index in [0.29, 0.717) is 11.5 Å². The maximum Gasteiger partial charge on any atom is 0.223 e. The van der Waals surface area contributed by atoms with Gasteiger partial charge in [0.2, 0.25) is 5.96 Å². The first-order valence-corrected chi connectivity index (χ1v) is 6.01. The number of hydrogen-bond acceptors (Lipinski definition) is 2. The molecule has 7 heteroatoms. The lowest BCUT2D eigenvalue weighted by Gasteiger charge is -2.08. The van der Waals surface area contributed by atoms with Gasteiger partial charge in [-0.2, -0.15) is 4.99 Å². The summed E-state index contributed by atoms with van der Waals surface area (Å²) < 4.78 is 19.0. The van der Waals surface area contributed by atoms with Crippen LogP contribution in [0.25, 0.3) is 0 Å². The number of benzene rings is 2. The molecule has 108 valence electrons. The highest BCUT2D eigenvalue weighted by Gasteiger charge is 2.07. The number of nitrogens with zero attached hydrogens (tertiary/aromatic N) is 2. The van der Waals surface area contributed by atoms with Crippen molar-refractivity contribution >= 4 is 17.6 Å². The standard InChI is InChI=1S/C14H14FN5O/c15-9-6-7-12(21-10-4-2-1-3-5-10)11(8-9)19-14(18)20-13(16)17/h1-8H,(H6,16,17,18,19,20). The van der Waals surface area contributed by atoms with Crippen LogP contribution in [0.5, 0.6) is 11.5 Å². The average molecular weight is 287 g/mol. The highest BCUT2D eigenvalue weighted by Crippen LogP contribution is 2.32. The summed E-state index contributed by atoms with van der Waals surface area (Å²) in [6.45, 7) is 0. The third-order valence-corrected chi connectivity index (χ3v) is 2.37. The summed E-state index contributed by atoms with van der Waals surface area (Å²) in [4.78, 5) is 7.51. The van der Waals surface area contributed by atoms with Gasteiger partial charge in [0.25, 0.3) is 0 Å². The van der Waals surface area contributed by atoms with Crippen LogP contribution in [0.2, 0.25) is 0 Å². The summed E-state index contributed by atoms with van der Waals surface area (Å²) >= 11 is 0. The van der Waals surface area contributed by atoms with Gasteiger partial charge in [-0.3, -0.25) is 0 Å².